The molecule has 90 valence electrons. The summed E-state index contributed by atoms with van der Waals surface area (Å²) in [6.07, 6.45) is -1.02. The van der Waals surface area contributed by atoms with Gasteiger partial charge in [-0.05, 0) is 17.7 Å². The largest absolute Gasteiger partial charge is 0.399 e. The minimum Gasteiger partial charge on any atom is -0.399 e. The summed E-state index contributed by atoms with van der Waals surface area (Å²) in [5.74, 6) is 0.0205. The molecule has 3 N–H and O–H groups in total. The number of hydrogen-bond acceptors (Lipinski definition) is 4. The predicted molar refractivity (Wildman–Crippen MR) is 73.1 cm³/mol. The van der Waals surface area contributed by atoms with Crippen molar-refractivity contribution in [3.8, 4) is 0 Å². The van der Waals surface area contributed by atoms with Crippen molar-refractivity contribution >= 4 is 38.1 Å². The number of anilines is 1. The van der Waals surface area contributed by atoms with Crippen molar-refractivity contribution in [3.63, 3.8) is 0 Å². The van der Waals surface area contributed by atoms with Gasteiger partial charge in [-0.2, -0.15) is 0 Å². The highest BCUT2D eigenvalue weighted by molar-refractivity contribution is 14.1. The SMILES string of the molecule is CCS(=O)(=O)[C@H](I)[C@@H](O)c1ccc(N)cc1. The van der Waals surface area contributed by atoms with E-state index in [1.807, 2.05) is 0 Å². The summed E-state index contributed by atoms with van der Waals surface area (Å²) < 4.78 is 22.3. The van der Waals surface area contributed by atoms with E-state index in [9.17, 15) is 13.5 Å². The third-order valence-corrected chi connectivity index (χ3v) is 7.03. The highest BCUT2D eigenvalue weighted by atomic mass is 127. The van der Waals surface area contributed by atoms with E-state index in [1.54, 1.807) is 53.8 Å². The van der Waals surface area contributed by atoms with Gasteiger partial charge in [0.25, 0.3) is 0 Å². The average Bonchev–Trinajstić information content (AvgIpc) is 2.28. The summed E-state index contributed by atoms with van der Waals surface area (Å²) in [5, 5.41) is 9.92. The van der Waals surface area contributed by atoms with Crippen molar-refractivity contribution < 1.29 is 13.5 Å². The molecule has 0 fully saturated rings. The van der Waals surface area contributed by atoms with E-state index < -0.39 is 19.2 Å². The van der Waals surface area contributed by atoms with Crippen molar-refractivity contribution in [2.75, 3.05) is 11.5 Å². The Morgan fingerprint density at radius 1 is 1.38 bits per heavy atom. The molecule has 0 spiro atoms. The van der Waals surface area contributed by atoms with Crippen molar-refractivity contribution in [2.24, 2.45) is 0 Å². The monoisotopic (exact) mass is 355 g/mol. The maximum atomic E-state index is 11.6. The molecule has 0 saturated heterocycles. The van der Waals surface area contributed by atoms with Crippen LogP contribution in [0.25, 0.3) is 0 Å². The molecule has 6 heteroatoms. The van der Waals surface area contributed by atoms with E-state index in [-0.39, 0.29) is 5.75 Å². The maximum absolute atomic E-state index is 11.6. The normalized spacial score (nSPS) is 15.7. The quantitative estimate of drug-likeness (QED) is 0.487. The first-order valence-electron chi connectivity index (χ1n) is 4.77. The van der Waals surface area contributed by atoms with Gasteiger partial charge in [0.1, 0.15) is 9.36 Å². The van der Waals surface area contributed by atoms with Crippen LogP contribution in [-0.2, 0) is 9.84 Å². The number of nitrogen functional groups attached to an aromatic ring is 1. The molecular weight excluding hydrogens is 341 g/mol. The number of aliphatic hydroxyl groups excluding tert-OH is 1. The Morgan fingerprint density at radius 2 is 1.88 bits per heavy atom. The topological polar surface area (TPSA) is 80.4 Å². The molecule has 0 unspecified atom stereocenters. The minimum absolute atomic E-state index is 0.0205. The van der Waals surface area contributed by atoms with Crippen LogP contribution in [0.3, 0.4) is 0 Å². The number of benzene rings is 1. The van der Waals surface area contributed by atoms with Crippen LogP contribution in [0, 0.1) is 0 Å². The van der Waals surface area contributed by atoms with Crippen LogP contribution in [0.2, 0.25) is 0 Å². The number of sulfone groups is 1. The van der Waals surface area contributed by atoms with Gasteiger partial charge in [-0.1, -0.05) is 41.6 Å². The van der Waals surface area contributed by atoms with Gasteiger partial charge in [-0.3, -0.25) is 0 Å². The highest BCUT2D eigenvalue weighted by Gasteiger charge is 2.29. The number of rotatable bonds is 4. The van der Waals surface area contributed by atoms with Crippen LogP contribution in [0.15, 0.2) is 24.3 Å². The molecule has 0 aromatic heterocycles. The van der Waals surface area contributed by atoms with E-state index in [4.69, 9.17) is 5.73 Å². The van der Waals surface area contributed by atoms with E-state index in [0.717, 1.165) is 0 Å². The Labute approximate surface area is 109 Å². The number of hydrogen-bond donors (Lipinski definition) is 2. The van der Waals surface area contributed by atoms with E-state index in [0.29, 0.717) is 11.3 Å². The number of alkyl halides is 1. The second kappa shape index (κ2) is 5.33. The lowest BCUT2D eigenvalue weighted by Crippen LogP contribution is -2.24. The zero-order valence-electron chi connectivity index (χ0n) is 8.80. The molecule has 0 amide bonds. The van der Waals surface area contributed by atoms with Gasteiger partial charge in [0.05, 0.1) is 0 Å². The zero-order valence-corrected chi connectivity index (χ0v) is 11.8. The van der Waals surface area contributed by atoms with E-state index >= 15 is 0 Å². The predicted octanol–water partition coefficient (Wildman–Crippen LogP) is 1.50. The number of nitrogens with two attached hydrogens (primary N) is 1. The Bertz CT molecular complexity index is 444. The molecule has 0 aliphatic rings. The molecule has 0 bridgehead atoms. The summed E-state index contributed by atoms with van der Waals surface area (Å²) in [7, 11) is -3.25. The average molecular weight is 355 g/mol. The van der Waals surface area contributed by atoms with Gasteiger partial charge in [0, 0.05) is 11.4 Å². The molecular formula is C10H14INO3S. The highest BCUT2D eigenvalue weighted by Crippen LogP contribution is 2.28. The Kier molecular flexibility index (Phi) is 4.57. The Hall–Kier alpha value is -0.340. The molecule has 0 radical (unpaired) electrons. The molecule has 0 aliphatic heterocycles. The third kappa shape index (κ3) is 3.08. The molecule has 0 heterocycles. The molecule has 2 atom stereocenters. The van der Waals surface area contributed by atoms with Crippen molar-refractivity contribution in [3.05, 3.63) is 29.8 Å². The summed E-state index contributed by atoms with van der Waals surface area (Å²) >= 11 is 1.75. The second-order valence-corrected chi connectivity index (χ2v) is 8.01. The Morgan fingerprint density at radius 3 is 2.31 bits per heavy atom. The van der Waals surface area contributed by atoms with Crippen LogP contribution in [0.5, 0.6) is 0 Å². The van der Waals surface area contributed by atoms with Gasteiger partial charge < -0.3 is 10.8 Å². The molecule has 16 heavy (non-hydrogen) atoms. The van der Waals surface area contributed by atoms with Gasteiger partial charge in [-0.25, -0.2) is 8.42 Å². The molecule has 1 aromatic rings. The van der Waals surface area contributed by atoms with Crippen molar-refractivity contribution in [1.82, 2.24) is 0 Å². The Balaban J connectivity index is 2.94. The van der Waals surface area contributed by atoms with Gasteiger partial charge >= 0.3 is 0 Å². The first-order valence-corrected chi connectivity index (χ1v) is 7.73. The first kappa shape index (κ1) is 13.7. The zero-order chi connectivity index (χ0) is 12.3. The van der Waals surface area contributed by atoms with Crippen LogP contribution in [0.1, 0.15) is 18.6 Å². The summed E-state index contributed by atoms with van der Waals surface area (Å²) in [6, 6.07) is 6.55. The van der Waals surface area contributed by atoms with Crippen molar-refractivity contribution in [2.45, 2.75) is 16.3 Å². The van der Waals surface area contributed by atoms with Gasteiger partial charge in [0.15, 0.2) is 9.84 Å². The van der Waals surface area contributed by atoms with E-state index in [1.165, 1.54) is 0 Å². The van der Waals surface area contributed by atoms with Crippen LogP contribution >= 0.6 is 22.6 Å². The number of halogens is 1. The summed E-state index contributed by atoms with van der Waals surface area (Å²) in [4.78, 5) is 0. The molecule has 1 rings (SSSR count). The molecule has 0 saturated carbocycles. The number of aliphatic hydroxyl groups is 1. The minimum atomic E-state index is -3.25. The lowest BCUT2D eigenvalue weighted by Gasteiger charge is -2.17. The summed E-state index contributed by atoms with van der Waals surface area (Å²) in [5.41, 5.74) is 6.66. The lowest BCUT2D eigenvalue weighted by molar-refractivity contribution is 0.197. The van der Waals surface area contributed by atoms with E-state index in [2.05, 4.69) is 0 Å². The van der Waals surface area contributed by atoms with Crippen LogP contribution in [-0.4, -0.2) is 22.5 Å². The smallest absolute Gasteiger partial charge is 0.164 e. The fourth-order valence-electron chi connectivity index (χ4n) is 1.20. The van der Waals surface area contributed by atoms with Crippen molar-refractivity contribution in [1.29, 1.82) is 0 Å². The van der Waals surface area contributed by atoms with Crippen LogP contribution < -0.4 is 5.73 Å². The third-order valence-electron chi connectivity index (χ3n) is 2.27. The fraction of sp³-hybridized carbons (Fsp3) is 0.400. The molecule has 1 aromatic carbocycles. The molecule has 4 nitrogen and oxygen atoms in total. The summed E-state index contributed by atoms with van der Waals surface area (Å²) in [6.45, 7) is 1.57. The molecule has 0 aliphatic carbocycles. The van der Waals surface area contributed by atoms with Gasteiger partial charge in [-0.15, -0.1) is 0 Å². The second-order valence-electron chi connectivity index (χ2n) is 3.41. The van der Waals surface area contributed by atoms with Gasteiger partial charge in [0.2, 0.25) is 0 Å². The first-order chi connectivity index (χ1) is 7.38. The van der Waals surface area contributed by atoms with Crippen LogP contribution in [0.4, 0.5) is 5.69 Å². The fourth-order valence-corrected chi connectivity index (χ4v) is 3.56. The lowest BCUT2D eigenvalue weighted by atomic mass is 10.1. The maximum Gasteiger partial charge on any atom is 0.164 e. The standard InChI is InChI=1S/C10H14INO3S/c1-2-16(14,15)10(11)9(13)7-3-5-8(12)6-4-7/h3-6,9-10,13H,2,12H2,1H3/t9-,10-/m0/s1.